The second-order valence-electron chi connectivity index (χ2n) is 8.40. The molecule has 2 aliphatic rings. The van der Waals surface area contributed by atoms with Gasteiger partial charge in [-0.2, -0.15) is 9.40 Å². The molecule has 5 rings (SSSR count). The van der Waals surface area contributed by atoms with Crippen LogP contribution in [-0.4, -0.2) is 65.2 Å². The summed E-state index contributed by atoms with van der Waals surface area (Å²) >= 11 is 22.8. The first-order chi connectivity index (χ1) is 17.1. The van der Waals surface area contributed by atoms with Crippen molar-refractivity contribution >= 4 is 89.5 Å². The van der Waals surface area contributed by atoms with Crippen LogP contribution in [0.5, 0.6) is 0 Å². The predicted octanol–water partition coefficient (Wildman–Crippen LogP) is 5.51. The van der Waals surface area contributed by atoms with Gasteiger partial charge in [0.25, 0.3) is 10.0 Å². The lowest BCUT2D eigenvalue weighted by Crippen LogP contribution is -2.53. The molecular weight excluding hydrogens is 633 g/mol. The maximum atomic E-state index is 13.9. The minimum Gasteiger partial charge on any atom is -0.339 e. The average Bonchev–Trinajstić information content (AvgIpc) is 3.45. The van der Waals surface area contributed by atoms with Gasteiger partial charge in [0, 0.05) is 42.4 Å². The minimum absolute atomic E-state index is 0.146. The molecule has 1 amide bonds. The number of aromatic nitrogens is 2. The molecule has 1 aromatic carbocycles. The summed E-state index contributed by atoms with van der Waals surface area (Å²) in [5.41, 5.74) is 1.43. The predicted molar refractivity (Wildman–Crippen MR) is 145 cm³/mol. The van der Waals surface area contributed by atoms with Gasteiger partial charge in [-0.3, -0.25) is 4.79 Å². The molecule has 1 saturated heterocycles. The van der Waals surface area contributed by atoms with Gasteiger partial charge in [-0.15, -0.1) is 11.3 Å². The lowest BCUT2D eigenvalue weighted by atomic mass is 9.87. The van der Waals surface area contributed by atoms with Crippen molar-refractivity contribution in [1.82, 2.24) is 19.0 Å². The number of sulfonamides is 1. The molecule has 1 fully saturated rings. The van der Waals surface area contributed by atoms with Crippen molar-refractivity contribution < 1.29 is 13.2 Å². The second-order valence-corrected chi connectivity index (χ2v) is 13.9. The van der Waals surface area contributed by atoms with E-state index >= 15 is 0 Å². The summed E-state index contributed by atoms with van der Waals surface area (Å²) in [7, 11) is -3.71. The lowest BCUT2D eigenvalue weighted by molar-refractivity contribution is -0.135. The van der Waals surface area contributed by atoms with Crippen LogP contribution in [0.3, 0.4) is 0 Å². The Morgan fingerprint density at radius 1 is 1.08 bits per heavy atom. The van der Waals surface area contributed by atoms with Gasteiger partial charge in [0.1, 0.15) is 14.5 Å². The Kier molecular flexibility index (Phi) is 7.27. The van der Waals surface area contributed by atoms with Gasteiger partial charge < -0.3 is 4.90 Å². The smallest absolute Gasteiger partial charge is 0.252 e. The number of carbonyl (C=O) groups is 1. The molecule has 36 heavy (non-hydrogen) atoms. The quantitative estimate of drug-likeness (QED) is 0.372. The molecule has 14 heteroatoms. The number of thiophene rings is 1. The molecule has 2 aromatic heterocycles. The highest BCUT2D eigenvalue weighted by molar-refractivity contribution is 9.10. The van der Waals surface area contributed by atoms with Crippen LogP contribution >= 0.6 is 62.1 Å². The number of benzene rings is 1. The van der Waals surface area contributed by atoms with Crippen LogP contribution < -0.4 is 0 Å². The Morgan fingerprint density at radius 3 is 2.44 bits per heavy atom. The number of piperazine rings is 1. The molecule has 0 aliphatic carbocycles. The van der Waals surface area contributed by atoms with Crippen LogP contribution in [0.1, 0.15) is 18.5 Å². The minimum atomic E-state index is -3.71. The third-order valence-electron chi connectivity index (χ3n) is 6.29. The Bertz CT molecular complexity index is 1460. The van der Waals surface area contributed by atoms with Gasteiger partial charge in [0.05, 0.1) is 22.3 Å². The van der Waals surface area contributed by atoms with E-state index in [4.69, 9.17) is 34.8 Å². The summed E-state index contributed by atoms with van der Waals surface area (Å²) in [6.07, 6.45) is 1.64. The maximum absolute atomic E-state index is 13.9. The Hall–Kier alpha value is -1.47. The molecule has 190 valence electrons. The van der Waals surface area contributed by atoms with E-state index < -0.39 is 22.0 Å². The SMILES string of the molecule is CC1=Nc2ccnn2C(c2ccc(Cl)c(Cl)c2)C1C(=O)N1CCN(S(=O)(=O)c2cc(Br)c(Cl)s2)CC1. The molecule has 0 radical (unpaired) electrons. The fraction of sp³-hybridized carbons (Fsp3) is 0.318. The summed E-state index contributed by atoms with van der Waals surface area (Å²) in [6.45, 7) is 2.68. The zero-order valence-corrected chi connectivity index (χ0v) is 24.2. The fourth-order valence-electron chi connectivity index (χ4n) is 4.50. The number of carbonyl (C=O) groups excluding carboxylic acids is 1. The van der Waals surface area contributed by atoms with E-state index in [1.807, 2.05) is 13.0 Å². The van der Waals surface area contributed by atoms with Gasteiger partial charge in [0.15, 0.2) is 5.82 Å². The molecule has 4 heterocycles. The fourth-order valence-corrected chi connectivity index (χ4v) is 8.69. The van der Waals surface area contributed by atoms with Gasteiger partial charge in [-0.05, 0) is 46.6 Å². The highest BCUT2D eigenvalue weighted by Gasteiger charge is 2.42. The highest BCUT2D eigenvalue weighted by atomic mass is 79.9. The number of amides is 1. The van der Waals surface area contributed by atoms with Gasteiger partial charge in [0.2, 0.25) is 5.91 Å². The molecule has 2 unspecified atom stereocenters. The number of halogens is 4. The summed E-state index contributed by atoms with van der Waals surface area (Å²) in [5, 5.41) is 5.23. The van der Waals surface area contributed by atoms with Crippen molar-refractivity contribution in [3.8, 4) is 0 Å². The number of hydrogen-bond donors (Lipinski definition) is 0. The van der Waals surface area contributed by atoms with Crippen LogP contribution in [0.15, 0.2) is 50.2 Å². The third kappa shape index (κ3) is 4.63. The monoisotopic (exact) mass is 649 g/mol. The number of fused-ring (bicyclic) bond motifs is 1. The molecular formula is C22H19BrCl3N5O3S2. The largest absolute Gasteiger partial charge is 0.339 e. The van der Waals surface area contributed by atoms with Crippen molar-refractivity contribution in [3.63, 3.8) is 0 Å². The van der Waals surface area contributed by atoms with Crippen molar-refractivity contribution in [2.45, 2.75) is 17.2 Å². The third-order valence-corrected chi connectivity index (χ3v) is 11.8. The topological polar surface area (TPSA) is 87.9 Å². The van der Waals surface area contributed by atoms with E-state index in [1.54, 1.807) is 34.0 Å². The highest BCUT2D eigenvalue weighted by Crippen LogP contribution is 2.39. The normalized spacial score (nSPS) is 20.8. The van der Waals surface area contributed by atoms with E-state index in [2.05, 4.69) is 26.0 Å². The van der Waals surface area contributed by atoms with Crippen LogP contribution in [0.2, 0.25) is 14.4 Å². The molecule has 0 N–H and O–H groups in total. The number of rotatable bonds is 4. The Balaban J connectivity index is 1.40. The number of aliphatic imine (C=N–C) groups is 1. The second kappa shape index (κ2) is 10.0. The van der Waals surface area contributed by atoms with Crippen molar-refractivity contribution in [2.24, 2.45) is 10.9 Å². The van der Waals surface area contributed by atoms with Crippen LogP contribution in [-0.2, 0) is 14.8 Å². The van der Waals surface area contributed by atoms with E-state index in [0.29, 0.717) is 30.4 Å². The van der Waals surface area contributed by atoms with Gasteiger partial charge >= 0.3 is 0 Å². The van der Waals surface area contributed by atoms with Crippen molar-refractivity contribution in [1.29, 1.82) is 0 Å². The lowest BCUT2D eigenvalue weighted by Gasteiger charge is -2.38. The molecule has 0 saturated carbocycles. The summed E-state index contributed by atoms with van der Waals surface area (Å²) < 4.78 is 30.4. The summed E-state index contributed by atoms with van der Waals surface area (Å²) in [6, 6.07) is 8.09. The Labute approximate surface area is 235 Å². The first-order valence-electron chi connectivity index (χ1n) is 10.9. The average molecular weight is 652 g/mol. The van der Waals surface area contributed by atoms with E-state index in [9.17, 15) is 13.2 Å². The van der Waals surface area contributed by atoms with Crippen LogP contribution in [0.25, 0.3) is 0 Å². The molecule has 0 spiro atoms. The van der Waals surface area contributed by atoms with E-state index in [1.165, 1.54) is 10.4 Å². The van der Waals surface area contributed by atoms with Gasteiger partial charge in [-0.25, -0.2) is 18.1 Å². The van der Waals surface area contributed by atoms with Crippen molar-refractivity contribution in [2.75, 3.05) is 26.2 Å². The molecule has 8 nitrogen and oxygen atoms in total. The first-order valence-corrected chi connectivity index (χ1v) is 15.0. The maximum Gasteiger partial charge on any atom is 0.252 e. The molecule has 2 atom stereocenters. The molecule has 0 bridgehead atoms. The number of nitrogens with zero attached hydrogens (tertiary/aromatic N) is 5. The first kappa shape index (κ1) is 26.1. The zero-order chi connectivity index (χ0) is 25.8. The van der Waals surface area contributed by atoms with E-state index in [-0.39, 0.29) is 36.3 Å². The Morgan fingerprint density at radius 2 is 1.81 bits per heavy atom. The van der Waals surface area contributed by atoms with E-state index in [0.717, 1.165) is 16.9 Å². The summed E-state index contributed by atoms with van der Waals surface area (Å²) in [5.74, 6) is -0.137. The van der Waals surface area contributed by atoms with Gasteiger partial charge in [-0.1, -0.05) is 40.9 Å². The van der Waals surface area contributed by atoms with Crippen LogP contribution in [0, 0.1) is 5.92 Å². The van der Waals surface area contributed by atoms with Crippen molar-refractivity contribution in [3.05, 3.63) is 60.9 Å². The molecule has 3 aromatic rings. The van der Waals surface area contributed by atoms with Crippen LogP contribution in [0.4, 0.5) is 5.82 Å². The molecule has 2 aliphatic heterocycles. The standard InChI is InChI=1S/C22H19BrCl3N5O3S2/c1-12-19(20(31-17(28-12)4-5-27-31)13-2-3-15(24)16(25)10-13)22(32)29-6-8-30(9-7-29)36(33,34)18-11-14(23)21(26)35-18/h2-5,10-11,19-20H,6-9H2,1H3. The number of hydrogen-bond acceptors (Lipinski definition) is 6. The zero-order valence-electron chi connectivity index (χ0n) is 18.7. The summed E-state index contributed by atoms with van der Waals surface area (Å²) in [4.78, 5) is 20.2.